The summed E-state index contributed by atoms with van der Waals surface area (Å²) in [6.45, 7) is 0. The highest BCUT2D eigenvalue weighted by Crippen LogP contribution is 2.31. The van der Waals surface area contributed by atoms with Crippen LogP contribution in [-0.4, -0.2) is 16.9 Å². The highest BCUT2D eigenvalue weighted by molar-refractivity contribution is 5.99. The summed E-state index contributed by atoms with van der Waals surface area (Å²) >= 11 is 0. The molecule has 2 aromatic carbocycles. The van der Waals surface area contributed by atoms with E-state index >= 15 is 0 Å². The van der Waals surface area contributed by atoms with E-state index in [1.807, 2.05) is 0 Å². The minimum Gasteiger partial charge on any atom is -0.479 e. The lowest BCUT2D eigenvalue weighted by molar-refractivity contribution is -0.151. The van der Waals surface area contributed by atoms with E-state index < -0.39 is 23.8 Å². The first-order chi connectivity index (χ1) is 9.54. The number of halogens is 1. The number of aliphatic carboxylic acids is 1. The number of carbonyl (C=O) groups is 2. The van der Waals surface area contributed by atoms with Crippen LogP contribution in [-0.2, 0) is 10.5 Å². The average Bonchev–Trinajstić information content (AvgIpc) is 2.48. The number of rotatable bonds is 5. The normalized spacial score (nSPS) is 13.4. The molecule has 0 spiro atoms. The summed E-state index contributed by atoms with van der Waals surface area (Å²) in [7, 11) is 0. The number of hydrogen-bond acceptors (Lipinski definition) is 2. The zero-order chi connectivity index (χ0) is 14.6. The molecule has 0 heterocycles. The molecule has 1 atom stereocenters. The lowest BCUT2D eigenvalue weighted by Gasteiger charge is -2.20. The number of hydrogen-bond donors (Lipinski definition) is 1. The van der Waals surface area contributed by atoms with E-state index in [-0.39, 0.29) is 5.56 Å². The Balaban J connectivity index is 2.32. The third-order valence-electron chi connectivity index (χ3n) is 3.07. The fourth-order valence-corrected chi connectivity index (χ4v) is 1.95. The van der Waals surface area contributed by atoms with Crippen molar-refractivity contribution in [1.82, 2.24) is 0 Å². The van der Waals surface area contributed by atoms with E-state index in [1.165, 1.54) is 24.3 Å². The maximum atomic E-state index is 14.8. The van der Waals surface area contributed by atoms with Gasteiger partial charge in [-0.25, -0.2) is 9.18 Å². The molecule has 0 aromatic heterocycles. The number of benzene rings is 2. The first kappa shape index (κ1) is 13.9. The lowest BCUT2D eigenvalue weighted by Crippen LogP contribution is -2.33. The SMILES string of the molecule is O=C(CC(F)(C(=O)O)c1ccccc1)c1ccccc1. The number of carboxylic acid groups (broad SMARTS) is 1. The minimum atomic E-state index is -2.71. The number of ketones is 1. The van der Waals surface area contributed by atoms with Crippen LogP contribution in [0.5, 0.6) is 0 Å². The zero-order valence-electron chi connectivity index (χ0n) is 10.6. The van der Waals surface area contributed by atoms with E-state index in [4.69, 9.17) is 5.11 Å². The molecular formula is C16H13FO3. The molecule has 0 radical (unpaired) electrons. The van der Waals surface area contributed by atoms with Crippen LogP contribution in [0, 0.1) is 0 Å². The van der Waals surface area contributed by atoms with E-state index in [2.05, 4.69) is 0 Å². The largest absolute Gasteiger partial charge is 0.479 e. The molecule has 1 N–H and O–H groups in total. The molecule has 0 aliphatic carbocycles. The molecule has 0 bridgehead atoms. The quantitative estimate of drug-likeness (QED) is 0.850. The summed E-state index contributed by atoms with van der Waals surface area (Å²) in [5, 5.41) is 9.15. The van der Waals surface area contributed by atoms with Crippen molar-refractivity contribution >= 4 is 11.8 Å². The van der Waals surface area contributed by atoms with Gasteiger partial charge in [0.25, 0.3) is 0 Å². The van der Waals surface area contributed by atoms with Gasteiger partial charge in [-0.15, -0.1) is 0 Å². The van der Waals surface area contributed by atoms with Crippen molar-refractivity contribution in [1.29, 1.82) is 0 Å². The first-order valence-electron chi connectivity index (χ1n) is 6.10. The Kier molecular flexibility index (Phi) is 3.94. The summed E-state index contributed by atoms with van der Waals surface area (Å²) in [5.41, 5.74) is -2.45. The lowest BCUT2D eigenvalue weighted by atomic mass is 9.88. The molecule has 3 nitrogen and oxygen atoms in total. The summed E-state index contributed by atoms with van der Waals surface area (Å²) in [6, 6.07) is 15.6. The fraction of sp³-hybridized carbons (Fsp3) is 0.125. The maximum absolute atomic E-state index is 14.8. The number of carboxylic acids is 1. The van der Waals surface area contributed by atoms with Gasteiger partial charge in [0.2, 0.25) is 5.67 Å². The van der Waals surface area contributed by atoms with Gasteiger partial charge in [-0.05, 0) is 0 Å². The van der Waals surface area contributed by atoms with Crippen molar-refractivity contribution in [2.75, 3.05) is 0 Å². The molecule has 0 fully saturated rings. The van der Waals surface area contributed by atoms with Crippen LogP contribution in [0.2, 0.25) is 0 Å². The first-order valence-corrected chi connectivity index (χ1v) is 6.10. The van der Waals surface area contributed by atoms with E-state index in [0.717, 1.165) is 0 Å². The second-order valence-corrected chi connectivity index (χ2v) is 4.44. The van der Waals surface area contributed by atoms with Gasteiger partial charge in [0.05, 0.1) is 6.42 Å². The van der Waals surface area contributed by atoms with Crippen molar-refractivity contribution in [3.63, 3.8) is 0 Å². The van der Waals surface area contributed by atoms with E-state index in [9.17, 15) is 14.0 Å². The van der Waals surface area contributed by atoms with Crippen molar-refractivity contribution in [2.45, 2.75) is 12.1 Å². The monoisotopic (exact) mass is 272 g/mol. The molecule has 4 heteroatoms. The Morgan fingerprint density at radius 2 is 1.45 bits per heavy atom. The summed E-state index contributed by atoms with van der Waals surface area (Å²) in [6.07, 6.45) is -0.726. The summed E-state index contributed by atoms with van der Waals surface area (Å²) < 4.78 is 14.8. The van der Waals surface area contributed by atoms with Gasteiger partial charge in [0.15, 0.2) is 5.78 Å². The predicted molar refractivity (Wildman–Crippen MR) is 72.3 cm³/mol. The van der Waals surface area contributed by atoms with Crippen LogP contribution >= 0.6 is 0 Å². The van der Waals surface area contributed by atoms with Crippen molar-refractivity contribution in [2.24, 2.45) is 0 Å². The molecular weight excluding hydrogens is 259 g/mol. The molecule has 102 valence electrons. The molecule has 0 aliphatic heterocycles. The van der Waals surface area contributed by atoms with Crippen LogP contribution in [0.15, 0.2) is 60.7 Å². The molecule has 0 saturated heterocycles. The zero-order valence-corrected chi connectivity index (χ0v) is 10.6. The maximum Gasteiger partial charge on any atom is 0.346 e. The molecule has 2 rings (SSSR count). The fourth-order valence-electron chi connectivity index (χ4n) is 1.95. The van der Waals surface area contributed by atoms with Crippen LogP contribution in [0.1, 0.15) is 22.3 Å². The minimum absolute atomic E-state index is 0.0308. The topological polar surface area (TPSA) is 54.4 Å². The Labute approximate surface area is 115 Å². The van der Waals surface area contributed by atoms with Crippen LogP contribution in [0.3, 0.4) is 0 Å². The Bertz CT molecular complexity index is 610. The van der Waals surface area contributed by atoms with Gasteiger partial charge in [0.1, 0.15) is 0 Å². The molecule has 0 saturated carbocycles. The Morgan fingerprint density at radius 3 is 1.95 bits per heavy atom. The van der Waals surface area contributed by atoms with Gasteiger partial charge < -0.3 is 5.11 Å². The van der Waals surface area contributed by atoms with Gasteiger partial charge >= 0.3 is 5.97 Å². The van der Waals surface area contributed by atoms with Gasteiger partial charge in [-0.3, -0.25) is 4.79 Å². The van der Waals surface area contributed by atoms with Gasteiger partial charge in [-0.2, -0.15) is 0 Å². The Morgan fingerprint density at radius 1 is 0.950 bits per heavy atom. The number of alkyl halides is 1. The predicted octanol–water partition coefficient (Wildman–Crippen LogP) is 3.21. The average molecular weight is 272 g/mol. The second kappa shape index (κ2) is 5.65. The molecule has 1 unspecified atom stereocenters. The third-order valence-corrected chi connectivity index (χ3v) is 3.07. The van der Waals surface area contributed by atoms with Crippen molar-refractivity contribution in [3.8, 4) is 0 Å². The van der Waals surface area contributed by atoms with Crippen LogP contribution < -0.4 is 0 Å². The number of Topliss-reactive ketones (excluding diaryl/α,β-unsaturated/α-hetero) is 1. The van der Waals surface area contributed by atoms with Crippen LogP contribution in [0.25, 0.3) is 0 Å². The molecule has 0 amide bonds. The Hall–Kier alpha value is -2.49. The van der Waals surface area contributed by atoms with Gasteiger partial charge in [0, 0.05) is 11.1 Å². The standard InChI is InChI=1S/C16H13FO3/c17-16(15(19)20,13-9-5-2-6-10-13)11-14(18)12-7-3-1-4-8-12/h1-10H,11H2,(H,19,20). The highest BCUT2D eigenvalue weighted by Gasteiger charge is 2.42. The van der Waals surface area contributed by atoms with E-state index in [0.29, 0.717) is 5.56 Å². The molecule has 20 heavy (non-hydrogen) atoms. The number of carbonyl (C=O) groups excluding carboxylic acids is 1. The summed E-state index contributed by atoms with van der Waals surface area (Å²) in [5.74, 6) is -2.20. The van der Waals surface area contributed by atoms with Crippen molar-refractivity contribution < 1.29 is 19.1 Å². The third kappa shape index (κ3) is 2.74. The summed E-state index contributed by atoms with van der Waals surface area (Å²) in [4.78, 5) is 23.3. The highest BCUT2D eigenvalue weighted by atomic mass is 19.1. The smallest absolute Gasteiger partial charge is 0.346 e. The van der Waals surface area contributed by atoms with Crippen molar-refractivity contribution in [3.05, 3.63) is 71.8 Å². The second-order valence-electron chi connectivity index (χ2n) is 4.44. The van der Waals surface area contributed by atoms with Crippen LogP contribution in [0.4, 0.5) is 4.39 Å². The molecule has 0 aliphatic rings. The van der Waals surface area contributed by atoms with E-state index in [1.54, 1.807) is 36.4 Å². The van der Waals surface area contributed by atoms with Gasteiger partial charge in [-0.1, -0.05) is 60.7 Å². The molecule has 2 aromatic rings.